The van der Waals surface area contributed by atoms with Gasteiger partial charge in [-0.25, -0.2) is 15.0 Å². The molecule has 1 aliphatic heterocycles. The Labute approximate surface area is 144 Å². The van der Waals surface area contributed by atoms with Crippen molar-refractivity contribution in [3.8, 4) is 0 Å². The molecule has 1 amide bonds. The maximum Gasteiger partial charge on any atom is 0.255 e. The van der Waals surface area contributed by atoms with E-state index in [1.807, 2.05) is 23.7 Å². The predicted octanol–water partition coefficient (Wildman–Crippen LogP) is 1.09. The van der Waals surface area contributed by atoms with E-state index in [4.69, 9.17) is 0 Å². The number of imidazole rings is 1. The maximum absolute atomic E-state index is 12.4. The molecule has 25 heavy (non-hydrogen) atoms. The Morgan fingerprint density at radius 1 is 1.24 bits per heavy atom. The monoisotopic (exact) mass is 337 g/mol. The van der Waals surface area contributed by atoms with Gasteiger partial charge in [-0.1, -0.05) is 0 Å². The Balaban J connectivity index is 1.47. The third-order valence-electron chi connectivity index (χ3n) is 4.14. The lowest BCUT2D eigenvalue weighted by Crippen LogP contribution is -2.44. The van der Waals surface area contributed by atoms with Crippen LogP contribution in [0.15, 0.2) is 36.9 Å². The lowest BCUT2D eigenvalue weighted by molar-refractivity contribution is 0.102. The highest BCUT2D eigenvalue weighted by atomic mass is 16.1. The van der Waals surface area contributed by atoms with Crippen LogP contribution in [0.3, 0.4) is 0 Å². The summed E-state index contributed by atoms with van der Waals surface area (Å²) < 4.78 is 1.89. The van der Waals surface area contributed by atoms with Crippen LogP contribution in [-0.4, -0.2) is 51.4 Å². The number of carbonyl (C=O) groups is 1. The van der Waals surface area contributed by atoms with E-state index in [2.05, 4.69) is 30.5 Å². The molecule has 8 heteroatoms. The van der Waals surface area contributed by atoms with Gasteiger partial charge in [0.2, 0.25) is 5.95 Å². The number of anilines is 2. The number of pyridine rings is 1. The second-order valence-electron chi connectivity index (χ2n) is 6.03. The molecule has 0 aliphatic carbocycles. The van der Waals surface area contributed by atoms with Crippen molar-refractivity contribution in [2.75, 3.05) is 36.4 Å². The fourth-order valence-corrected chi connectivity index (χ4v) is 2.87. The highest BCUT2D eigenvalue weighted by Crippen LogP contribution is 2.13. The van der Waals surface area contributed by atoms with Gasteiger partial charge in [0.25, 0.3) is 5.91 Å². The minimum atomic E-state index is -0.207. The topological polar surface area (TPSA) is 87.5 Å². The molecule has 2 N–H and O–H groups in total. The van der Waals surface area contributed by atoms with Crippen LogP contribution < -0.4 is 15.5 Å². The molecule has 0 spiro atoms. The molecule has 4 heterocycles. The standard InChI is InChI=1S/C17H19N7O/c1-12-11-24-5-2-13(8-15(24)21-12)16(25)22-14-9-19-17(20-10-14)23-6-3-18-4-7-23/h2,5,8-11,18H,3-4,6-7H2,1H3,(H,22,25). The number of hydrogen-bond acceptors (Lipinski definition) is 6. The number of carbonyl (C=O) groups excluding carboxylic acids is 1. The summed E-state index contributed by atoms with van der Waals surface area (Å²) in [7, 11) is 0. The van der Waals surface area contributed by atoms with Crippen molar-refractivity contribution >= 4 is 23.2 Å². The lowest BCUT2D eigenvalue weighted by Gasteiger charge is -2.27. The first kappa shape index (κ1) is 15.5. The summed E-state index contributed by atoms with van der Waals surface area (Å²) in [6, 6.07) is 3.53. The third kappa shape index (κ3) is 3.29. The van der Waals surface area contributed by atoms with E-state index >= 15 is 0 Å². The first-order valence-corrected chi connectivity index (χ1v) is 8.23. The first-order valence-electron chi connectivity index (χ1n) is 8.23. The summed E-state index contributed by atoms with van der Waals surface area (Å²) in [5, 5.41) is 6.12. The van der Waals surface area contributed by atoms with Crippen LogP contribution >= 0.6 is 0 Å². The zero-order chi connectivity index (χ0) is 17.2. The molecular weight excluding hydrogens is 318 g/mol. The van der Waals surface area contributed by atoms with Gasteiger partial charge < -0.3 is 19.9 Å². The molecular formula is C17H19N7O. The lowest BCUT2D eigenvalue weighted by atomic mass is 10.2. The van der Waals surface area contributed by atoms with Crippen molar-refractivity contribution in [1.29, 1.82) is 0 Å². The second kappa shape index (κ2) is 6.48. The van der Waals surface area contributed by atoms with Gasteiger partial charge in [-0.2, -0.15) is 0 Å². The van der Waals surface area contributed by atoms with Crippen LogP contribution in [0.4, 0.5) is 11.6 Å². The summed E-state index contributed by atoms with van der Waals surface area (Å²) in [4.78, 5) is 27.6. The molecule has 0 saturated carbocycles. The minimum absolute atomic E-state index is 0.207. The molecule has 0 radical (unpaired) electrons. The average molecular weight is 337 g/mol. The molecule has 8 nitrogen and oxygen atoms in total. The van der Waals surface area contributed by atoms with E-state index in [0.717, 1.165) is 37.5 Å². The molecule has 4 rings (SSSR count). The highest BCUT2D eigenvalue weighted by Gasteiger charge is 2.13. The van der Waals surface area contributed by atoms with Crippen molar-refractivity contribution in [2.45, 2.75) is 6.92 Å². The highest BCUT2D eigenvalue weighted by molar-refractivity contribution is 6.04. The smallest absolute Gasteiger partial charge is 0.255 e. The number of piperazine rings is 1. The van der Waals surface area contributed by atoms with Crippen LogP contribution in [0.2, 0.25) is 0 Å². The summed E-state index contributed by atoms with van der Waals surface area (Å²) in [5.74, 6) is 0.482. The zero-order valence-corrected chi connectivity index (χ0v) is 13.9. The average Bonchev–Trinajstić information content (AvgIpc) is 3.02. The summed E-state index contributed by atoms with van der Waals surface area (Å²) in [6.07, 6.45) is 7.02. The van der Waals surface area contributed by atoms with E-state index in [0.29, 0.717) is 17.2 Å². The van der Waals surface area contributed by atoms with Crippen LogP contribution in [0.25, 0.3) is 5.65 Å². The molecule has 1 aliphatic rings. The molecule has 0 aromatic carbocycles. The van der Waals surface area contributed by atoms with Crippen LogP contribution in [0.5, 0.6) is 0 Å². The molecule has 0 bridgehead atoms. The van der Waals surface area contributed by atoms with Gasteiger partial charge in [0.1, 0.15) is 5.65 Å². The SMILES string of the molecule is Cc1cn2ccc(C(=O)Nc3cnc(N4CCNCC4)nc3)cc2n1. The molecule has 3 aromatic rings. The zero-order valence-electron chi connectivity index (χ0n) is 13.9. The van der Waals surface area contributed by atoms with Crippen LogP contribution in [-0.2, 0) is 0 Å². The minimum Gasteiger partial charge on any atom is -0.338 e. The number of nitrogens with one attached hydrogen (secondary N) is 2. The van der Waals surface area contributed by atoms with Crippen molar-refractivity contribution in [1.82, 2.24) is 24.7 Å². The number of nitrogens with zero attached hydrogens (tertiary/aromatic N) is 5. The quantitative estimate of drug-likeness (QED) is 0.744. The van der Waals surface area contributed by atoms with Gasteiger partial charge >= 0.3 is 0 Å². The van der Waals surface area contributed by atoms with Crippen LogP contribution in [0, 0.1) is 6.92 Å². The summed E-state index contributed by atoms with van der Waals surface area (Å²) in [5.41, 5.74) is 2.78. The number of aromatic nitrogens is 4. The largest absolute Gasteiger partial charge is 0.338 e. The van der Waals surface area contributed by atoms with Gasteiger partial charge in [-0.15, -0.1) is 0 Å². The normalized spacial score (nSPS) is 14.7. The van der Waals surface area contributed by atoms with E-state index in [9.17, 15) is 4.79 Å². The molecule has 0 unspecified atom stereocenters. The van der Waals surface area contributed by atoms with E-state index < -0.39 is 0 Å². The Morgan fingerprint density at radius 3 is 2.76 bits per heavy atom. The van der Waals surface area contributed by atoms with Crippen molar-refractivity contribution < 1.29 is 4.79 Å². The van der Waals surface area contributed by atoms with E-state index in [1.165, 1.54) is 0 Å². The van der Waals surface area contributed by atoms with Crippen molar-refractivity contribution in [3.05, 3.63) is 48.2 Å². The van der Waals surface area contributed by atoms with Crippen LogP contribution in [0.1, 0.15) is 16.1 Å². The molecule has 3 aromatic heterocycles. The van der Waals surface area contributed by atoms with E-state index in [-0.39, 0.29) is 5.91 Å². The number of fused-ring (bicyclic) bond motifs is 1. The Kier molecular flexibility index (Phi) is 4.02. The number of aryl methyl sites for hydroxylation is 1. The Hall–Kier alpha value is -3.00. The second-order valence-corrected chi connectivity index (χ2v) is 6.03. The number of rotatable bonds is 3. The summed E-state index contributed by atoms with van der Waals surface area (Å²) >= 11 is 0. The molecule has 1 fully saturated rings. The predicted molar refractivity (Wildman–Crippen MR) is 95.0 cm³/mol. The van der Waals surface area contributed by atoms with Gasteiger partial charge in [-0.3, -0.25) is 4.79 Å². The Morgan fingerprint density at radius 2 is 2.00 bits per heavy atom. The first-order chi connectivity index (χ1) is 12.2. The van der Waals surface area contributed by atoms with Crippen molar-refractivity contribution in [2.24, 2.45) is 0 Å². The van der Waals surface area contributed by atoms with Crippen molar-refractivity contribution in [3.63, 3.8) is 0 Å². The Bertz CT molecular complexity index is 897. The van der Waals surface area contributed by atoms with E-state index in [1.54, 1.807) is 24.5 Å². The number of amides is 1. The molecule has 128 valence electrons. The molecule has 0 atom stereocenters. The fraction of sp³-hybridized carbons (Fsp3) is 0.294. The van der Waals surface area contributed by atoms with Gasteiger partial charge in [0.05, 0.1) is 23.8 Å². The molecule has 1 saturated heterocycles. The summed E-state index contributed by atoms with van der Waals surface area (Å²) in [6.45, 7) is 5.55. The fourth-order valence-electron chi connectivity index (χ4n) is 2.87. The van der Waals surface area contributed by atoms with Gasteiger partial charge in [0.15, 0.2) is 0 Å². The van der Waals surface area contributed by atoms with Gasteiger partial charge in [0, 0.05) is 44.1 Å². The third-order valence-corrected chi connectivity index (χ3v) is 4.14. The van der Waals surface area contributed by atoms with Gasteiger partial charge in [-0.05, 0) is 19.1 Å². The maximum atomic E-state index is 12.4. The number of hydrogen-bond donors (Lipinski definition) is 2.